The Kier molecular flexibility index (Phi) is 7.92. The summed E-state index contributed by atoms with van der Waals surface area (Å²) in [5.41, 5.74) is 1.02. The van der Waals surface area contributed by atoms with Crippen LogP contribution in [0.2, 0.25) is 0 Å². The smallest absolute Gasteiger partial charge is 0.277 e. The van der Waals surface area contributed by atoms with Gasteiger partial charge in [0.2, 0.25) is 17.5 Å². The number of thioether (sulfide) groups is 1. The van der Waals surface area contributed by atoms with Crippen LogP contribution in [-0.2, 0) is 11.3 Å². The number of carbonyl (C=O) groups is 2. The molecule has 1 aromatic heterocycles. The lowest BCUT2D eigenvalue weighted by Gasteiger charge is -2.13. The van der Waals surface area contributed by atoms with E-state index >= 15 is 0 Å². The highest BCUT2D eigenvalue weighted by Gasteiger charge is 2.18. The number of aromatic nitrogens is 2. The normalized spacial score (nSPS) is 10.3. The van der Waals surface area contributed by atoms with Crippen LogP contribution in [0.1, 0.15) is 16.2 Å². The van der Waals surface area contributed by atoms with E-state index in [0.717, 1.165) is 11.8 Å². The molecule has 3 aromatic rings. The highest BCUT2D eigenvalue weighted by molar-refractivity contribution is 7.99. The number of carbonyl (C=O) groups excluding carboxylic acids is 2. The molecule has 0 saturated heterocycles. The molecule has 0 spiro atoms. The maximum atomic E-state index is 12.5. The zero-order chi connectivity index (χ0) is 22.9. The molecule has 0 fully saturated rings. The number of amides is 2. The lowest BCUT2D eigenvalue weighted by Crippen LogP contribution is -2.23. The summed E-state index contributed by atoms with van der Waals surface area (Å²) in [7, 11) is 4.42. The summed E-state index contributed by atoms with van der Waals surface area (Å²) in [6, 6.07) is 12.2. The Hall–Kier alpha value is -3.73. The second-order valence-corrected chi connectivity index (χ2v) is 7.19. The third kappa shape index (κ3) is 5.91. The molecule has 3 rings (SSSR count). The van der Waals surface area contributed by atoms with Crippen LogP contribution in [-0.4, -0.2) is 49.1 Å². The molecule has 10 nitrogen and oxygen atoms in total. The zero-order valence-electron chi connectivity index (χ0n) is 17.7. The third-order valence-corrected chi connectivity index (χ3v) is 4.98. The third-order valence-electron chi connectivity index (χ3n) is 4.16. The van der Waals surface area contributed by atoms with E-state index in [1.807, 2.05) is 18.2 Å². The molecule has 0 aliphatic carbocycles. The van der Waals surface area contributed by atoms with Crippen LogP contribution in [0.4, 0.5) is 5.69 Å². The molecular weight excluding hydrogens is 436 g/mol. The number of hydrogen-bond acceptors (Lipinski definition) is 9. The van der Waals surface area contributed by atoms with Gasteiger partial charge in [0.05, 0.1) is 33.6 Å². The van der Waals surface area contributed by atoms with Crippen LogP contribution >= 0.6 is 11.8 Å². The van der Waals surface area contributed by atoms with Crippen molar-refractivity contribution in [2.75, 3.05) is 32.4 Å². The Morgan fingerprint density at radius 1 is 1.00 bits per heavy atom. The van der Waals surface area contributed by atoms with Gasteiger partial charge in [-0.3, -0.25) is 9.59 Å². The predicted molar refractivity (Wildman–Crippen MR) is 117 cm³/mol. The van der Waals surface area contributed by atoms with Gasteiger partial charge in [-0.2, -0.15) is 0 Å². The molecule has 0 unspecified atom stereocenters. The Labute approximate surface area is 188 Å². The number of methoxy groups -OCH3 is 3. The van der Waals surface area contributed by atoms with E-state index in [9.17, 15) is 9.59 Å². The number of para-hydroxylation sites is 1. The number of nitrogens with one attached hydrogen (secondary N) is 2. The summed E-state index contributed by atoms with van der Waals surface area (Å²) in [6.07, 6.45) is 0. The average molecular weight is 458 g/mol. The first-order valence-electron chi connectivity index (χ1n) is 9.42. The average Bonchev–Trinajstić information content (AvgIpc) is 3.28. The SMILES string of the molecule is COc1cc(C(=O)NCc2nnc(SCC(=O)Nc3ccccc3)o2)cc(OC)c1OC. The van der Waals surface area contributed by atoms with Gasteiger partial charge in [-0.25, -0.2) is 0 Å². The topological polar surface area (TPSA) is 125 Å². The first-order chi connectivity index (χ1) is 15.5. The quantitative estimate of drug-likeness (QED) is 0.441. The Morgan fingerprint density at radius 3 is 2.31 bits per heavy atom. The van der Waals surface area contributed by atoms with Crippen molar-refractivity contribution in [1.29, 1.82) is 0 Å². The van der Waals surface area contributed by atoms with Crippen molar-refractivity contribution in [3.05, 3.63) is 53.9 Å². The van der Waals surface area contributed by atoms with Gasteiger partial charge in [0, 0.05) is 11.3 Å². The molecule has 1 heterocycles. The van der Waals surface area contributed by atoms with Gasteiger partial charge in [0.25, 0.3) is 11.1 Å². The van der Waals surface area contributed by atoms with Crippen LogP contribution in [0.3, 0.4) is 0 Å². The molecule has 2 N–H and O–H groups in total. The Bertz CT molecular complexity index is 1050. The molecule has 0 atom stereocenters. The van der Waals surface area contributed by atoms with Crippen molar-refractivity contribution in [2.45, 2.75) is 11.8 Å². The number of ether oxygens (including phenoxy) is 3. The number of anilines is 1. The summed E-state index contributed by atoms with van der Waals surface area (Å²) in [6.45, 7) is 0.0132. The molecule has 2 aromatic carbocycles. The fourth-order valence-corrected chi connectivity index (χ4v) is 3.26. The van der Waals surface area contributed by atoms with E-state index in [4.69, 9.17) is 18.6 Å². The van der Waals surface area contributed by atoms with Crippen molar-refractivity contribution in [3.63, 3.8) is 0 Å². The number of rotatable bonds is 10. The van der Waals surface area contributed by atoms with Gasteiger partial charge in [0.15, 0.2) is 11.5 Å². The second-order valence-electron chi connectivity index (χ2n) is 6.26. The standard InChI is InChI=1S/C21H22N4O6S/c1-28-15-9-13(10-16(29-2)19(15)30-3)20(27)22-11-18-24-25-21(31-18)32-12-17(26)23-14-7-5-4-6-8-14/h4-10H,11-12H2,1-3H3,(H,22,27)(H,23,26). The molecular formula is C21H22N4O6S. The number of hydrogen-bond donors (Lipinski definition) is 2. The monoisotopic (exact) mass is 458 g/mol. The molecule has 168 valence electrons. The highest BCUT2D eigenvalue weighted by Crippen LogP contribution is 2.38. The minimum atomic E-state index is -0.390. The van der Waals surface area contributed by atoms with E-state index in [1.54, 1.807) is 12.1 Å². The maximum absolute atomic E-state index is 12.5. The Balaban J connectivity index is 1.53. The van der Waals surface area contributed by atoms with Crippen LogP contribution in [0.25, 0.3) is 0 Å². The van der Waals surface area contributed by atoms with Crippen molar-refractivity contribution < 1.29 is 28.2 Å². The maximum Gasteiger partial charge on any atom is 0.277 e. The van der Waals surface area contributed by atoms with Crippen molar-refractivity contribution in [3.8, 4) is 17.2 Å². The van der Waals surface area contributed by atoms with Crippen LogP contribution in [0.15, 0.2) is 52.1 Å². The van der Waals surface area contributed by atoms with E-state index < -0.39 is 0 Å². The fraction of sp³-hybridized carbons (Fsp3) is 0.238. The lowest BCUT2D eigenvalue weighted by atomic mass is 10.1. The first-order valence-corrected chi connectivity index (χ1v) is 10.4. The van der Waals surface area contributed by atoms with Gasteiger partial charge in [-0.05, 0) is 24.3 Å². The van der Waals surface area contributed by atoms with E-state index in [2.05, 4.69) is 20.8 Å². The van der Waals surface area contributed by atoms with E-state index in [-0.39, 0.29) is 35.2 Å². The second kappa shape index (κ2) is 11.0. The van der Waals surface area contributed by atoms with E-state index in [1.165, 1.54) is 33.5 Å². The summed E-state index contributed by atoms with van der Waals surface area (Å²) in [5, 5.41) is 13.5. The van der Waals surface area contributed by atoms with Crippen LogP contribution < -0.4 is 24.8 Å². The first kappa shape index (κ1) is 22.9. The zero-order valence-corrected chi connectivity index (χ0v) is 18.5. The van der Waals surface area contributed by atoms with Gasteiger partial charge in [0.1, 0.15) is 0 Å². The van der Waals surface area contributed by atoms with Crippen molar-refractivity contribution >= 4 is 29.3 Å². The lowest BCUT2D eigenvalue weighted by molar-refractivity contribution is -0.113. The van der Waals surface area contributed by atoms with Crippen LogP contribution in [0, 0.1) is 0 Å². The molecule has 0 aliphatic heterocycles. The molecule has 0 saturated carbocycles. The highest BCUT2D eigenvalue weighted by atomic mass is 32.2. The number of nitrogens with zero attached hydrogens (tertiary/aromatic N) is 2. The molecule has 11 heteroatoms. The van der Waals surface area contributed by atoms with Crippen molar-refractivity contribution in [2.24, 2.45) is 0 Å². The largest absolute Gasteiger partial charge is 0.493 e. The Morgan fingerprint density at radius 2 is 1.69 bits per heavy atom. The van der Waals surface area contributed by atoms with E-state index in [0.29, 0.717) is 28.5 Å². The van der Waals surface area contributed by atoms with Crippen LogP contribution in [0.5, 0.6) is 17.2 Å². The molecule has 0 bridgehead atoms. The molecule has 32 heavy (non-hydrogen) atoms. The summed E-state index contributed by atoms with van der Waals surface area (Å²) >= 11 is 1.10. The van der Waals surface area contributed by atoms with Gasteiger partial charge in [-0.1, -0.05) is 30.0 Å². The van der Waals surface area contributed by atoms with Gasteiger partial charge < -0.3 is 29.3 Å². The summed E-state index contributed by atoms with van der Waals surface area (Å²) < 4.78 is 21.2. The summed E-state index contributed by atoms with van der Waals surface area (Å²) in [5.74, 6) is 0.840. The van der Waals surface area contributed by atoms with Gasteiger partial charge in [-0.15, -0.1) is 10.2 Å². The minimum absolute atomic E-state index is 0.0132. The summed E-state index contributed by atoms with van der Waals surface area (Å²) in [4.78, 5) is 24.5. The fourth-order valence-electron chi connectivity index (χ4n) is 2.68. The molecule has 2 amide bonds. The number of benzene rings is 2. The molecule has 0 aliphatic rings. The van der Waals surface area contributed by atoms with Crippen molar-refractivity contribution in [1.82, 2.24) is 15.5 Å². The minimum Gasteiger partial charge on any atom is -0.493 e. The predicted octanol–water partition coefficient (Wildman–Crippen LogP) is 2.76. The van der Waals surface area contributed by atoms with Gasteiger partial charge >= 0.3 is 0 Å². The molecule has 0 radical (unpaired) electrons.